The predicted molar refractivity (Wildman–Crippen MR) is 151 cm³/mol. The first-order valence-electron chi connectivity index (χ1n) is 13.3. The number of carbonyl (C=O) groups excluding carboxylic acids is 1. The van der Waals surface area contributed by atoms with Gasteiger partial charge in [-0.25, -0.2) is 4.98 Å². The highest BCUT2D eigenvalue weighted by Crippen LogP contribution is 2.47. The SMILES string of the molecule is CC1(C)C(=O)N(c2ccc(C#N)c(Cl)c2)c2ccc(-c3ccc(N4CC(CN5CCNCC5)C4)nc3F)cc21. The summed E-state index contributed by atoms with van der Waals surface area (Å²) in [4.78, 5) is 24.0. The van der Waals surface area contributed by atoms with E-state index >= 15 is 4.39 Å². The summed E-state index contributed by atoms with van der Waals surface area (Å²) in [6.07, 6.45) is 0. The molecule has 2 aromatic carbocycles. The molecule has 2 fully saturated rings. The summed E-state index contributed by atoms with van der Waals surface area (Å²) >= 11 is 6.26. The number of nitrogens with zero attached hydrogens (tertiary/aromatic N) is 5. The first kappa shape index (κ1) is 25.8. The Morgan fingerprint density at radius 3 is 2.59 bits per heavy atom. The van der Waals surface area contributed by atoms with Gasteiger partial charge in [0, 0.05) is 57.3 Å². The van der Waals surface area contributed by atoms with Gasteiger partial charge in [-0.3, -0.25) is 9.69 Å². The molecular weight excluding hydrogens is 515 g/mol. The molecule has 0 saturated carbocycles. The van der Waals surface area contributed by atoms with Crippen molar-refractivity contribution in [3.05, 3.63) is 70.6 Å². The van der Waals surface area contributed by atoms with Gasteiger partial charge in [0.1, 0.15) is 11.9 Å². The molecule has 2 saturated heterocycles. The van der Waals surface area contributed by atoms with E-state index in [0.29, 0.717) is 34.1 Å². The Hall–Kier alpha value is -3.51. The van der Waals surface area contributed by atoms with Gasteiger partial charge in [0.2, 0.25) is 11.9 Å². The summed E-state index contributed by atoms with van der Waals surface area (Å²) in [6, 6.07) is 16.2. The Labute approximate surface area is 232 Å². The maximum Gasteiger partial charge on any atom is 0.241 e. The zero-order valence-corrected chi connectivity index (χ0v) is 22.8. The van der Waals surface area contributed by atoms with Gasteiger partial charge in [-0.15, -0.1) is 0 Å². The number of nitriles is 1. The van der Waals surface area contributed by atoms with Crippen molar-refractivity contribution in [2.75, 3.05) is 55.6 Å². The van der Waals surface area contributed by atoms with Gasteiger partial charge in [0.15, 0.2) is 0 Å². The van der Waals surface area contributed by atoms with E-state index in [4.69, 9.17) is 11.6 Å². The van der Waals surface area contributed by atoms with Gasteiger partial charge in [-0.1, -0.05) is 17.7 Å². The van der Waals surface area contributed by atoms with Crippen molar-refractivity contribution in [2.45, 2.75) is 19.3 Å². The zero-order chi connectivity index (χ0) is 27.3. The number of anilines is 3. The van der Waals surface area contributed by atoms with Crippen molar-refractivity contribution in [1.82, 2.24) is 15.2 Å². The average molecular weight is 545 g/mol. The van der Waals surface area contributed by atoms with Crippen LogP contribution in [0.5, 0.6) is 0 Å². The van der Waals surface area contributed by atoms with E-state index in [1.165, 1.54) is 0 Å². The van der Waals surface area contributed by atoms with Crippen LogP contribution in [0.2, 0.25) is 5.02 Å². The van der Waals surface area contributed by atoms with E-state index in [-0.39, 0.29) is 10.9 Å². The number of benzene rings is 2. The number of piperazine rings is 1. The Bertz CT molecular complexity index is 1490. The lowest BCUT2D eigenvalue weighted by atomic mass is 9.85. The molecule has 3 aromatic rings. The fourth-order valence-electron chi connectivity index (χ4n) is 5.84. The summed E-state index contributed by atoms with van der Waals surface area (Å²) in [5.41, 5.74) is 2.70. The van der Waals surface area contributed by atoms with Crippen LogP contribution in [-0.2, 0) is 10.2 Å². The summed E-state index contributed by atoms with van der Waals surface area (Å²) in [5, 5.41) is 12.9. The van der Waals surface area contributed by atoms with E-state index in [9.17, 15) is 10.1 Å². The maximum absolute atomic E-state index is 15.3. The molecule has 39 heavy (non-hydrogen) atoms. The van der Waals surface area contributed by atoms with Gasteiger partial charge >= 0.3 is 0 Å². The number of amides is 1. The number of nitrogens with one attached hydrogen (secondary N) is 1. The van der Waals surface area contributed by atoms with Crippen LogP contribution in [0.1, 0.15) is 25.0 Å². The molecule has 1 aromatic heterocycles. The molecule has 6 rings (SSSR count). The molecule has 7 nitrogen and oxygen atoms in total. The molecule has 1 amide bonds. The average Bonchev–Trinajstić information content (AvgIpc) is 3.11. The van der Waals surface area contributed by atoms with Gasteiger partial charge in [-0.05, 0) is 67.4 Å². The normalized spacial score (nSPS) is 19.1. The minimum absolute atomic E-state index is 0.113. The molecule has 9 heteroatoms. The molecule has 0 unspecified atom stereocenters. The van der Waals surface area contributed by atoms with Gasteiger partial charge in [0.05, 0.1) is 27.4 Å². The second-order valence-corrected chi connectivity index (χ2v) is 11.5. The van der Waals surface area contributed by atoms with Crippen molar-refractivity contribution in [1.29, 1.82) is 5.26 Å². The predicted octanol–water partition coefficient (Wildman–Crippen LogP) is 4.71. The molecule has 0 aliphatic carbocycles. The highest BCUT2D eigenvalue weighted by Gasteiger charge is 2.45. The third-order valence-electron chi connectivity index (χ3n) is 8.13. The number of pyridine rings is 1. The van der Waals surface area contributed by atoms with E-state index in [0.717, 1.165) is 57.1 Å². The standard InChI is InChI=1S/C30H30ClFN6O/c1-30(2)24-13-20(4-7-26(24)38(29(30)39)22-5-3-21(15-33)25(31)14-22)23-6-8-27(35-28(23)32)37-17-19(18-37)16-36-11-9-34-10-12-36/h3-8,13-14,19,34H,9-12,16-18H2,1-2H3. The van der Waals surface area contributed by atoms with Gasteiger partial charge < -0.3 is 15.1 Å². The van der Waals surface area contributed by atoms with Crippen molar-refractivity contribution in [3.8, 4) is 17.2 Å². The molecule has 0 atom stereocenters. The number of hydrogen-bond acceptors (Lipinski definition) is 6. The van der Waals surface area contributed by atoms with Crippen LogP contribution in [0.15, 0.2) is 48.5 Å². The second-order valence-electron chi connectivity index (χ2n) is 11.1. The quantitative estimate of drug-likeness (QED) is 0.469. The topological polar surface area (TPSA) is 75.5 Å². The first-order chi connectivity index (χ1) is 18.8. The zero-order valence-electron chi connectivity index (χ0n) is 22.0. The Balaban J connectivity index is 1.22. The fourth-order valence-corrected chi connectivity index (χ4v) is 6.06. The van der Waals surface area contributed by atoms with E-state index < -0.39 is 11.4 Å². The lowest BCUT2D eigenvalue weighted by Crippen LogP contribution is -2.54. The number of halogens is 2. The van der Waals surface area contributed by atoms with Crippen LogP contribution in [0.3, 0.4) is 0 Å². The van der Waals surface area contributed by atoms with E-state index in [2.05, 4.69) is 20.1 Å². The molecule has 0 spiro atoms. The number of fused-ring (bicyclic) bond motifs is 1. The van der Waals surface area contributed by atoms with Crippen molar-refractivity contribution >= 4 is 34.7 Å². The van der Waals surface area contributed by atoms with Crippen LogP contribution >= 0.6 is 11.6 Å². The van der Waals surface area contributed by atoms with Crippen LogP contribution < -0.4 is 15.1 Å². The number of carbonyl (C=O) groups is 1. The first-order valence-corrected chi connectivity index (χ1v) is 13.7. The minimum Gasteiger partial charge on any atom is -0.356 e. The Morgan fingerprint density at radius 2 is 1.90 bits per heavy atom. The molecule has 3 aliphatic heterocycles. The van der Waals surface area contributed by atoms with Crippen LogP contribution in [0, 0.1) is 23.2 Å². The third kappa shape index (κ3) is 4.55. The largest absolute Gasteiger partial charge is 0.356 e. The Morgan fingerprint density at radius 1 is 1.13 bits per heavy atom. The number of hydrogen-bond donors (Lipinski definition) is 1. The molecule has 0 radical (unpaired) electrons. The van der Waals surface area contributed by atoms with Crippen molar-refractivity contribution < 1.29 is 9.18 Å². The second kappa shape index (κ2) is 9.91. The minimum atomic E-state index is -0.827. The smallest absolute Gasteiger partial charge is 0.241 e. The maximum atomic E-state index is 15.3. The lowest BCUT2D eigenvalue weighted by molar-refractivity contribution is -0.121. The van der Waals surface area contributed by atoms with Crippen LogP contribution in [0.4, 0.5) is 21.6 Å². The highest BCUT2D eigenvalue weighted by molar-refractivity contribution is 6.32. The van der Waals surface area contributed by atoms with Crippen LogP contribution in [0.25, 0.3) is 11.1 Å². The Kier molecular flexibility index (Phi) is 6.54. The fraction of sp³-hybridized carbons (Fsp3) is 0.367. The highest BCUT2D eigenvalue weighted by atomic mass is 35.5. The van der Waals surface area contributed by atoms with Crippen molar-refractivity contribution in [2.24, 2.45) is 5.92 Å². The van der Waals surface area contributed by atoms with Crippen molar-refractivity contribution in [3.63, 3.8) is 0 Å². The molecule has 200 valence electrons. The summed E-state index contributed by atoms with van der Waals surface area (Å²) in [6.45, 7) is 10.8. The summed E-state index contributed by atoms with van der Waals surface area (Å²) < 4.78 is 15.3. The third-order valence-corrected chi connectivity index (χ3v) is 8.44. The molecule has 1 N–H and O–H groups in total. The summed E-state index contributed by atoms with van der Waals surface area (Å²) in [5.74, 6) is 0.611. The molecule has 3 aliphatic rings. The molecule has 4 heterocycles. The number of rotatable bonds is 5. The summed E-state index contributed by atoms with van der Waals surface area (Å²) in [7, 11) is 0. The van der Waals surface area contributed by atoms with Gasteiger partial charge in [-0.2, -0.15) is 9.65 Å². The lowest BCUT2D eigenvalue weighted by Gasteiger charge is -2.43. The van der Waals surface area contributed by atoms with E-state index in [1.807, 2.05) is 44.2 Å². The van der Waals surface area contributed by atoms with E-state index in [1.54, 1.807) is 29.2 Å². The monoisotopic (exact) mass is 544 g/mol. The van der Waals surface area contributed by atoms with Gasteiger partial charge in [0.25, 0.3) is 0 Å². The number of aromatic nitrogens is 1. The van der Waals surface area contributed by atoms with Crippen LogP contribution in [-0.4, -0.2) is 61.6 Å². The molecular formula is C30H30ClFN6O. The molecule has 0 bridgehead atoms.